The smallest absolute Gasteiger partial charge is 0.0518 e. The van der Waals surface area contributed by atoms with Crippen LogP contribution in [-0.2, 0) is 4.74 Å². The number of nitrogens with one attached hydrogen (secondary N) is 1. The molecule has 3 nitrogen and oxygen atoms in total. The van der Waals surface area contributed by atoms with E-state index in [9.17, 15) is 0 Å². The van der Waals surface area contributed by atoms with E-state index in [2.05, 4.69) is 31.0 Å². The van der Waals surface area contributed by atoms with E-state index in [1.54, 1.807) is 0 Å². The van der Waals surface area contributed by atoms with Crippen molar-refractivity contribution in [2.24, 2.45) is 0 Å². The fourth-order valence-electron chi connectivity index (χ4n) is 2.52. The van der Waals surface area contributed by atoms with Gasteiger partial charge in [-0.15, -0.1) is 0 Å². The normalized spacial score (nSPS) is 21.5. The fourth-order valence-corrected chi connectivity index (χ4v) is 2.52. The lowest BCUT2D eigenvalue weighted by Crippen LogP contribution is -2.35. The van der Waals surface area contributed by atoms with Gasteiger partial charge in [0.1, 0.15) is 0 Å². The Morgan fingerprint density at radius 3 is 2.88 bits per heavy atom. The summed E-state index contributed by atoms with van der Waals surface area (Å²) in [6.07, 6.45) is 5.58. The van der Waals surface area contributed by atoms with E-state index in [4.69, 9.17) is 4.74 Å². The van der Waals surface area contributed by atoms with Gasteiger partial charge in [0.2, 0.25) is 0 Å². The Hall–Kier alpha value is -0.120. The van der Waals surface area contributed by atoms with E-state index >= 15 is 0 Å². The van der Waals surface area contributed by atoms with E-state index in [1.807, 2.05) is 0 Å². The van der Waals surface area contributed by atoms with Gasteiger partial charge in [0.15, 0.2) is 0 Å². The molecule has 1 fully saturated rings. The summed E-state index contributed by atoms with van der Waals surface area (Å²) in [6, 6.07) is 0.848. The molecular weight excluding hydrogens is 212 g/mol. The lowest BCUT2D eigenvalue weighted by Gasteiger charge is -2.23. The van der Waals surface area contributed by atoms with Crippen molar-refractivity contribution in [2.75, 3.05) is 32.8 Å². The molecule has 0 aromatic rings. The molecule has 1 N–H and O–H groups in total. The summed E-state index contributed by atoms with van der Waals surface area (Å²) in [6.45, 7) is 12.1. The second-order valence-electron chi connectivity index (χ2n) is 5.26. The first-order chi connectivity index (χ1) is 8.24. The van der Waals surface area contributed by atoms with E-state index in [0.29, 0.717) is 6.10 Å². The molecule has 1 rings (SSSR count). The van der Waals surface area contributed by atoms with Gasteiger partial charge in [-0.2, -0.15) is 0 Å². The Kier molecular flexibility index (Phi) is 7.82. The van der Waals surface area contributed by atoms with Crippen LogP contribution in [0.5, 0.6) is 0 Å². The molecule has 3 heteroatoms. The van der Waals surface area contributed by atoms with Gasteiger partial charge in [-0.1, -0.05) is 6.92 Å². The highest BCUT2D eigenvalue weighted by Gasteiger charge is 2.21. The van der Waals surface area contributed by atoms with Crippen molar-refractivity contribution in [2.45, 2.75) is 58.6 Å². The molecule has 102 valence electrons. The summed E-state index contributed by atoms with van der Waals surface area (Å²) >= 11 is 0. The highest BCUT2D eigenvalue weighted by molar-refractivity contribution is 4.78. The molecule has 1 aliphatic rings. The first-order valence-corrected chi connectivity index (χ1v) is 7.30. The second kappa shape index (κ2) is 8.90. The Balaban J connectivity index is 1.90. The van der Waals surface area contributed by atoms with Crippen molar-refractivity contribution in [3.05, 3.63) is 0 Å². The zero-order valence-electron chi connectivity index (χ0n) is 11.9. The second-order valence-corrected chi connectivity index (χ2v) is 5.26. The first-order valence-electron chi connectivity index (χ1n) is 7.30. The van der Waals surface area contributed by atoms with E-state index in [1.165, 1.54) is 32.4 Å². The summed E-state index contributed by atoms with van der Waals surface area (Å²) in [5.74, 6) is 0. The van der Waals surface area contributed by atoms with Crippen LogP contribution in [0, 0.1) is 0 Å². The van der Waals surface area contributed by atoms with Crippen LogP contribution in [0.25, 0.3) is 0 Å². The number of likely N-dealkylation sites (tertiary alicyclic amines) is 1. The molecule has 0 saturated carbocycles. The topological polar surface area (TPSA) is 24.5 Å². The molecule has 1 unspecified atom stereocenters. The fraction of sp³-hybridized carbons (Fsp3) is 1.00. The van der Waals surface area contributed by atoms with Crippen LogP contribution in [0.1, 0.15) is 46.5 Å². The van der Waals surface area contributed by atoms with E-state index in [-0.39, 0.29) is 0 Å². The van der Waals surface area contributed by atoms with Gasteiger partial charge in [-0.05, 0) is 52.6 Å². The molecular formula is C14H30N2O. The number of nitrogens with zero attached hydrogens (tertiary/aromatic N) is 1. The van der Waals surface area contributed by atoms with Gasteiger partial charge in [0, 0.05) is 25.7 Å². The van der Waals surface area contributed by atoms with E-state index < -0.39 is 0 Å². The Morgan fingerprint density at radius 1 is 1.35 bits per heavy atom. The molecule has 1 heterocycles. The van der Waals surface area contributed by atoms with Gasteiger partial charge in [0.05, 0.1) is 6.10 Å². The van der Waals surface area contributed by atoms with Crippen LogP contribution in [0.2, 0.25) is 0 Å². The Morgan fingerprint density at radius 2 is 2.18 bits per heavy atom. The number of ether oxygens (including phenoxy) is 1. The zero-order chi connectivity index (χ0) is 12.5. The van der Waals surface area contributed by atoms with Crippen LogP contribution >= 0.6 is 0 Å². The average molecular weight is 242 g/mol. The van der Waals surface area contributed by atoms with Gasteiger partial charge in [0.25, 0.3) is 0 Å². The molecule has 0 radical (unpaired) electrons. The van der Waals surface area contributed by atoms with Crippen molar-refractivity contribution >= 4 is 0 Å². The predicted molar refractivity (Wildman–Crippen MR) is 73.5 cm³/mol. The molecule has 0 bridgehead atoms. The SMILES string of the molecule is CCC1CCCN1CCNCCCOC(C)C. The van der Waals surface area contributed by atoms with Gasteiger partial charge < -0.3 is 10.1 Å². The van der Waals surface area contributed by atoms with Crippen molar-refractivity contribution in [1.82, 2.24) is 10.2 Å². The summed E-state index contributed by atoms with van der Waals surface area (Å²) in [4.78, 5) is 2.64. The third kappa shape index (κ3) is 6.39. The summed E-state index contributed by atoms with van der Waals surface area (Å²) in [7, 11) is 0. The van der Waals surface area contributed by atoms with Crippen LogP contribution in [-0.4, -0.2) is 49.8 Å². The van der Waals surface area contributed by atoms with Crippen molar-refractivity contribution in [3.8, 4) is 0 Å². The third-order valence-electron chi connectivity index (χ3n) is 3.50. The van der Waals surface area contributed by atoms with Gasteiger partial charge in [-0.25, -0.2) is 0 Å². The maximum absolute atomic E-state index is 5.51. The molecule has 1 atom stereocenters. The molecule has 0 aliphatic carbocycles. The number of hydrogen-bond donors (Lipinski definition) is 1. The maximum atomic E-state index is 5.51. The monoisotopic (exact) mass is 242 g/mol. The van der Waals surface area contributed by atoms with Crippen LogP contribution in [0.3, 0.4) is 0 Å². The molecule has 17 heavy (non-hydrogen) atoms. The lowest BCUT2D eigenvalue weighted by atomic mass is 10.2. The van der Waals surface area contributed by atoms with Gasteiger partial charge >= 0.3 is 0 Å². The first kappa shape index (κ1) is 14.9. The zero-order valence-corrected chi connectivity index (χ0v) is 11.9. The predicted octanol–water partition coefficient (Wildman–Crippen LogP) is 2.27. The highest BCUT2D eigenvalue weighted by atomic mass is 16.5. The quantitative estimate of drug-likeness (QED) is 0.628. The minimum atomic E-state index is 0.366. The minimum Gasteiger partial charge on any atom is -0.379 e. The molecule has 0 aromatic heterocycles. The van der Waals surface area contributed by atoms with Crippen LogP contribution < -0.4 is 5.32 Å². The Bertz CT molecular complexity index is 185. The lowest BCUT2D eigenvalue weighted by molar-refractivity contribution is 0.0770. The molecule has 0 spiro atoms. The average Bonchev–Trinajstić information content (AvgIpc) is 2.74. The minimum absolute atomic E-state index is 0.366. The largest absolute Gasteiger partial charge is 0.379 e. The third-order valence-corrected chi connectivity index (χ3v) is 3.50. The molecule has 1 saturated heterocycles. The van der Waals surface area contributed by atoms with Crippen LogP contribution in [0.15, 0.2) is 0 Å². The maximum Gasteiger partial charge on any atom is 0.0518 e. The summed E-state index contributed by atoms with van der Waals surface area (Å²) < 4.78 is 5.51. The van der Waals surface area contributed by atoms with Crippen molar-refractivity contribution in [3.63, 3.8) is 0 Å². The summed E-state index contributed by atoms with van der Waals surface area (Å²) in [5.41, 5.74) is 0. The molecule has 0 amide bonds. The van der Waals surface area contributed by atoms with Crippen LogP contribution in [0.4, 0.5) is 0 Å². The standard InChI is InChI=1S/C14H30N2O/c1-4-14-7-5-10-16(14)11-9-15-8-6-12-17-13(2)3/h13-15H,4-12H2,1-3H3. The van der Waals surface area contributed by atoms with E-state index in [0.717, 1.165) is 32.2 Å². The summed E-state index contributed by atoms with van der Waals surface area (Å²) in [5, 5.41) is 3.51. The molecule has 0 aromatic carbocycles. The molecule has 1 aliphatic heterocycles. The number of rotatable bonds is 9. The van der Waals surface area contributed by atoms with Crippen molar-refractivity contribution < 1.29 is 4.74 Å². The Labute approximate surface area is 107 Å². The highest BCUT2D eigenvalue weighted by Crippen LogP contribution is 2.18. The van der Waals surface area contributed by atoms with Gasteiger partial charge in [-0.3, -0.25) is 4.90 Å². The number of hydrogen-bond acceptors (Lipinski definition) is 3. The van der Waals surface area contributed by atoms with Crippen molar-refractivity contribution in [1.29, 1.82) is 0 Å².